The van der Waals surface area contributed by atoms with Crippen molar-refractivity contribution in [2.45, 2.75) is 38.5 Å². The predicted molar refractivity (Wildman–Crippen MR) is 91.8 cm³/mol. The molecule has 0 aliphatic rings. The lowest BCUT2D eigenvalue weighted by atomic mass is 10.1. The topological polar surface area (TPSA) is 83.7 Å². The van der Waals surface area contributed by atoms with E-state index >= 15 is 0 Å². The summed E-state index contributed by atoms with van der Waals surface area (Å²) in [5, 5.41) is 15.6. The summed E-state index contributed by atoms with van der Waals surface area (Å²) in [6.07, 6.45) is 1.08. The number of furan rings is 1. The van der Waals surface area contributed by atoms with E-state index in [2.05, 4.69) is 10.6 Å². The molecule has 3 atom stereocenters. The number of hydrogen-bond acceptors (Lipinski definition) is 4. The maximum atomic E-state index is 12.1. The molecule has 0 aliphatic carbocycles. The number of aliphatic hydroxyl groups excluding tert-OH is 1. The molecule has 0 bridgehead atoms. The van der Waals surface area contributed by atoms with Crippen LogP contribution in [0.25, 0.3) is 0 Å². The Hall–Kier alpha value is -2.31. The number of amides is 2. The van der Waals surface area contributed by atoms with E-state index in [9.17, 15) is 9.90 Å². The number of carbonyl (C=O) groups excluding carboxylic acids is 1. The van der Waals surface area contributed by atoms with Gasteiger partial charge in [-0.15, -0.1) is 0 Å². The monoisotopic (exact) mass is 332 g/mol. The summed E-state index contributed by atoms with van der Waals surface area (Å²) < 4.78 is 10.4. The maximum absolute atomic E-state index is 12.1. The zero-order valence-electron chi connectivity index (χ0n) is 14.2. The SMILES string of the molecule is COC(C)c1cccc(NC(=O)NC(C)CC(O)c2ccco2)c1. The molecule has 0 saturated carbocycles. The fourth-order valence-corrected chi connectivity index (χ4v) is 2.39. The van der Waals surface area contributed by atoms with Gasteiger partial charge in [-0.05, 0) is 43.7 Å². The Balaban J connectivity index is 1.86. The van der Waals surface area contributed by atoms with Gasteiger partial charge in [0.15, 0.2) is 0 Å². The lowest BCUT2D eigenvalue weighted by Gasteiger charge is -2.17. The first kappa shape index (κ1) is 18.0. The molecular formula is C18H24N2O4. The minimum absolute atomic E-state index is 0.0443. The first-order valence-electron chi connectivity index (χ1n) is 7.91. The van der Waals surface area contributed by atoms with Crippen molar-refractivity contribution in [3.63, 3.8) is 0 Å². The third-order valence-corrected chi connectivity index (χ3v) is 3.79. The Morgan fingerprint density at radius 3 is 2.75 bits per heavy atom. The second-order valence-electron chi connectivity index (χ2n) is 5.77. The minimum atomic E-state index is -0.749. The lowest BCUT2D eigenvalue weighted by molar-refractivity contribution is 0.119. The molecule has 1 heterocycles. The van der Waals surface area contributed by atoms with Gasteiger partial charge in [0.05, 0.1) is 12.4 Å². The van der Waals surface area contributed by atoms with E-state index in [1.54, 1.807) is 19.2 Å². The van der Waals surface area contributed by atoms with Crippen LogP contribution in [-0.2, 0) is 4.74 Å². The van der Waals surface area contributed by atoms with Gasteiger partial charge >= 0.3 is 6.03 Å². The Bertz CT molecular complexity index is 642. The van der Waals surface area contributed by atoms with E-state index in [1.807, 2.05) is 38.1 Å². The van der Waals surface area contributed by atoms with Crippen molar-refractivity contribution in [2.75, 3.05) is 12.4 Å². The van der Waals surface area contributed by atoms with Gasteiger partial charge in [-0.2, -0.15) is 0 Å². The van der Waals surface area contributed by atoms with Crippen molar-refractivity contribution in [3.05, 3.63) is 54.0 Å². The van der Waals surface area contributed by atoms with E-state index in [-0.39, 0.29) is 18.2 Å². The normalized spacial score (nSPS) is 14.7. The van der Waals surface area contributed by atoms with Gasteiger partial charge in [-0.3, -0.25) is 0 Å². The molecule has 2 aromatic rings. The van der Waals surface area contributed by atoms with Gasteiger partial charge in [-0.25, -0.2) is 4.79 Å². The zero-order valence-corrected chi connectivity index (χ0v) is 14.2. The highest BCUT2D eigenvalue weighted by molar-refractivity contribution is 5.89. The van der Waals surface area contributed by atoms with E-state index in [0.717, 1.165) is 5.56 Å². The summed E-state index contributed by atoms with van der Waals surface area (Å²) >= 11 is 0. The predicted octanol–water partition coefficient (Wildman–Crippen LogP) is 3.62. The molecule has 2 amide bonds. The third kappa shape index (κ3) is 5.11. The summed E-state index contributed by atoms with van der Waals surface area (Å²) in [4.78, 5) is 12.1. The number of urea groups is 1. The lowest BCUT2D eigenvalue weighted by Crippen LogP contribution is -2.37. The van der Waals surface area contributed by atoms with Crippen LogP contribution < -0.4 is 10.6 Å². The summed E-state index contributed by atoms with van der Waals surface area (Å²) in [5.41, 5.74) is 1.67. The minimum Gasteiger partial charge on any atom is -0.467 e. The molecule has 2 rings (SSSR count). The first-order chi connectivity index (χ1) is 11.5. The van der Waals surface area contributed by atoms with Gasteiger partial charge < -0.3 is 24.9 Å². The highest BCUT2D eigenvalue weighted by Gasteiger charge is 2.16. The number of benzene rings is 1. The van der Waals surface area contributed by atoms with Gasteiger partial charge in [0.25, 0.3) is 0 Å². The van der Waals surface area contributed by atoms with Gasteiger partial charge in [0, 0.05) is 25.3 Å². The van der Waals surface area contributed by atoms with Gasteiger partial charge in [0.2, 0.25) is 0 Å². The largest absolute Gasteiger partial charge is 0.467 e. The molecule has 0 radical (unpaired) electrons. The van der Waals surface area contributed by atoms with Crippen molar-refractivity contribution in [1.29, 1.82) is 0 Å². The Kier molecular flexibility index (Phi) is 6.40. The molecular weight excluding hydrogens is 308 g/mol. The molecule has 3 N–H and O–H groups in total. The standard InChI is InChI=1S/C18H24N2O4/c1-12(10-16(21)17-8-5-9-24-17)19-18(22)20-15-7-4-6-14(11-15)13(2)23-3/h4-9,11-13,16,21H,10H2,1-3H3,(H2,19,20,22). The second kappa shape index (κ2) is 8.52. The van der Waals surface area contributed by atoms with Crippen LogP contribution in [-0.4, -0.2) is 24.3 Å². The third-order valence-electron chi connectivity index (χ3n) is 3.79. The number of carbonyl (C=O) groups is 1. The number of aliphatic hydroxyl groups is 1. The quantitative estimate of drug-likeness (QED) is 0.723. The van der Waals surface area contributed by atoms with E-state index < -0.39 is 6.10 Å². The summed E-state index contributed by atoms with van der Waals surface area (Å²) in [6, 6.07) is 10.4. The van der Waals surface area contributed by atoms with Crippen molar-refractivity contribution in [3.8, 4) is 0 Å². The fraction of sp³-hybridized carbons (Fsp3) is 0.389. The molecule has 6 heteroatoms. The highest BCUT2D eigenvalue weighted by Crippen LogP contribution is 2.20. The Morgan fingerprint density at radius 1 is 1.29 bits per heavy atom. The number of ether oxygens (including phenoxy) is 1. The maximum Gasteiger partial charge on any atom is 0.319 e. The van der Waals surface area contributed by atoms with Crippen LogP contribution in [0.2, 0.25) is 0 Å². The fourth-order valence-electron chi connectivity index (χ4n) is 2.39. The average molecular weight is 332 g/mol. The van der Waals surface area contributed by atoms with Crippen molar-refractivity contribution < 1.29 is 19.1 Å². The zero-order chi connectivity index (χ0) is 17.5. The van der Waals surface area contributed by atoms with Crippen LogP contribution in [0, 0.1) is 0 Å². The van der Waals surface area contributed by atoms with Crippen LogP contribution >= 0.6 is 0 Å². The number of hydrogen-bond donors (Lipinski definition) is 3. The molecule has 0 aliphatic heterocycles. The first-order valence-corrected chi connectivity index (χ1v) is 7.91. The molecule has 0 spiro atoms. The molecule has 3 unspecified atom stereocenters. The summed E-state index contributed by atoms with van der Waals surface area (Å²) in [5.74, 6) is 0.491. The number of nitrogens with one attached hydrogen (secondary N) is 2. The van der Waals surface area contributed by atoms with Crippen molar-refractivity contribution in [2.24, 2.45) is 0 Å². The van der Waals surface area contributed by atoms with E-state index in [0.29, 0.717) is 17.9 Å². The smallest absolute Gasteiger partial charge is 0.319 e. The van der Waals surface area contributed by atoms with Crippen LogP contribution in [0.1, 0.15) is 43.8 Å². The van der Waals surface area contributed by atoms with E-state index in [4.69, 9.17) is 9.15 Å². The molecule has 130 valence electrons. The molecule has 1 aromatic carbocycles. The van der Waals surface area contributed by atoms with Crippen LogP contribution in [0.4, 0.5) is 10.5 Å². The number of methoxy groups -OCH3 is 1. The highest BCUT2D eigenvalue weighted by atomic mass is 16.5. The molecule has 6 nitrogen and oxygen atoms in total. The number of rotatable bonds is 7. The molecule has 0 saturated heterocycles. The van der Waals surface area contributed by atoms with Crippen LogP contribution in [0.3, 0.4) is 0 Å². The second-order valence-corrected chi connectivity index (χ2v) is 5.77. The van der Waals surface area contributed by atoms with Crippen molar-refractivity contribution >= 4 is 11.7 Å². The summed E-state index contributed by atoms with van der Waals surface area (Å²) in [6.45, 7) is 3.77. The number of anilines is 1. The molecule has 0 fully saturated rings. The van der Waals surface area contributed by atoms with Crippen LogP contribution in [0.15, 0.2) is 47.1 Å². The Labute approximate surface area is 141 Å². The van der Waals surface area contributed by atoms with Crippen LogP contribution in [0.5, 0.6) is 0 Å². The van der Waals surface area contributed by atoms with Gasteiger partial charge in [0.1, 0.15) is 11.9 Å². The summed E-state index contributed by atoms with van der Waals surface area (Å²) in [7, 11) is 1.64. The average Bonchev–Trinajstić information content (AvgIpc) is 3.08. The Morgan fingerprint density at radius 2 is 2.08 bits per heavy atom. The van der Waals surface area contributed by atoms with Gasteiger partial charge in [-0.1, -0.05) is 12.1 Å². The van der Waals surface area contributed by atoms with Crippen molar-refractivity contribution in [1.82, 2.24) is 5.32 Å². The molecule has 1 aromatic heterocycles. The molecule has 24 heavy (non-hydrogen) atoms. The van der Waals surface area contributed by atoms with E-state index in [1.165, 1.54) is 6.26 Å².